The molecular formula is C29H24FN3O3S. The summed E-state index contributed by atoms with van der Waals surface area (Å²) in [5, 5.41) is 3.15. The molecular weight excluding hydrogens is 489 g/mol. The fourth-order valence-electron chi connectivity index (χ4n) is 4.45. The molecule has 37 heavy (non-hydrogen) atoms. The number of aryl methyl sites for hydroxylation is 1. The summed E-state index contributed by atoms with van der Waals surface area (Å²) >= 11 is 0.810. The lowest BCUT2D eigenvalue weighted by atomic mass is 10.1. The van der Waals surface area contributed by atoms with Crippen molar-refractivity contribution >= 4 is 51.5 Å². The van der Waals surface area contributed by atoms with Crippen LogP contribution in [0.15, 0.2) is 77.7 Å². The highest BCUT2D eigenvalue weighted by molar-refractivity contribution is 8.18. The van der Waals surface area contributed by atoms with E-state index >= 15 is 0 Å². The first kappa shape index (κ1) is 24.5. The molecule has 4 aromatic rings. The highest BCUT2D eigenvalue weighted by Crippen LogP contribution is 2.36. The molecule has 3 amide bonds. The number of anilines is 1. The Kier molecular flexibility index (Phi) is 6.67. The summed E-state index contributed by atoms with van der Waals surface area (Å²) in [5.41, 5.74) is 4.58. The maximum atomic E-state index is 14.4. The van der Waals surface area contributed by atoms with E-state index in [1.54, 1.807) is 36.4 Å². The van der Waals surface area contributed by atoms with E-state index in [9.17, 15) is 18.8 Å². The van der Waals surface area contributed by atoms with Gasteiger partial charge in [0, 0.05) is 33.4 Å². The SMILES string of the molecule is Cc1ccccc1NC(=O)CN1C(=O)S/C(=C\c2c(C)n(Cc3ccccc3F)c3ccccc23)C1=O. The van der Waals surface area contributed by atoms with Crippen LogP contribution < -0.4 is 5.32 Å². The van der Waals surface area contributed by atoms with E-state index < -0.39 is 17.1 Å². The van der Waals surface area contributed by atoms with Crippen molar-refractivity contribution in [3.05, 3.63) is 106 Å². The minimum atomic E-state index is -0.514. The van der Waals surface area contributed by atoms with E-state index in [0.29, 0.717) is 17.8 Å². The molecule has 0 bridgehead atoms. The molecule has 8 heteroatoms. The number of benzene rings is 3. The number of rotatable bonds is 6. The van der Waals surface area contributed by atoms with Crippen LogP contribution in [-0.2, 0) is 16.1 Å². The maximum Gasteiger partial charge on any atom is 0.294 e. The van der Waals surface area contributed by atoms with E-state index in [-0.39, 0.29) is 17.3 Å². The molecule has 1 aliphatic rings. The van der Waals surface area contributed by atoms with Crippen molar-refractivity contribution in [2.75, 3.05) is 11.9 Å². The molecule has 1 aliphatic heterocycles. The largest absolute Gasteiger partial charge is 0.340 e. The van der Waals surface area contributed by atoms with Crippen LogP contribution in [-0.4, -0.2) is 33.1 Å². The average molecular weight is 514 g/mol. The lowest BCUT2D eigenvalue weighted by molar-refractivity contribution is -0.127. The smallest absolute Gasteiger partial charge is 0.294 e. The number of imide groups is 1. The van der Waals surface area contributed by atoms with Gasteiger partial charge in [0.1, 0.15) is 12.4 Å². The Morgan fingerprint density at radius 1 is 0.973 bits per heavy atom. The van der Waals surface area contributed by atoms with Crippen molar-refractivity contribution < 1.29 is 18.8 Å². The van der Waals surface area contributed by atoms with Gasteiger partial charge >= 0.3 is 0 Å². The van der Waals surface area contributed by atoms with Gasteiger partial charge in [-0.2, -0.15) is 0 Å². The topological polar surface area (TPSA) is 71.4 Å². The Balaban J connectivity index is 1.43. The molecule has 5 rings (SSSR count). The second-order valence-electron chi connectivity index (χ2n) is 8.82. The second kappa shape index (κ2) is 10.1. The van der Waals surface area contributed by atoms with Crippen molar-refractivity contribution in [3.63, 3.8) is 0 Å². The molecule has 1 N–H and O–H groups in total. The molecule has 0 saturated carbocycles. The first-order chi connectivity index (χ1) is 17.8. The summed E-state index contributed by atoms with van der Waals surface area (Å²) in [6, 6.07) is 21.6. The molecule has 2 heterocycles. The second-order valence-corrected chi connectivity index (χ2v) is 9.82. The van der Waals surface area contributed by atoms with Crippen LogP contribution in [0.3, 0.4) is 0 Å². The Morgan fingerprint density at radius 3 is 2.46 bits per heavy atom. The van der Waals surface area contributed by atoms with Crippen LogP contribution in [0, 0.1) is 19.7 Å². The van der Waals surface area contributed by atoms with Gasteiger partial charge in [-0.05, 0) is 55.4 Å². The van der Waals surface area contributed by atoms with E-state index in [2.05, 4.69) is 5.32 Å². The molecule has 1 aromatic heterocycles. The van der Waals surface area contributed by atoms with Crippen LogP contribution in [0.2, 0.25) is 0 Å². The molecule has 0 atom stereocenters. The van der Waals surface area contributed by atoms with Gasteiger partial charge in [0.15, 0.2) is 0 Å². The first-order valence-corrected chi connectivity index (χ1v) is 12.6. The van der Waals surface area contributed by atoms with Crippen LogP contribution in [0.25, 0.3) is 17.0 Å². The number of nitrogens with one attached hydrogen (secondary N) is 1. The summed E-state index contributed by atoms with van der Waals surface area (Å²) in [6.07, 6.45) is 1.69. The number of nitrogens with zero attached hydrogens (tertiary/aromatic N) is 2. The predicted molar refractivity (Wildman–Crippen MR) is 145 cm³/mol. The van der Waals surface area contributed by atoms with Gasteiger partial charge in [-0.15, -0.1) is 0 Å². The van der Waals surface area contributed by atoms with E-state index in [4.69, 9.17) is 0 Å². The summed E-state index contributed by atoms with van der Waals surface area (Å²) in [7, 11) is 0. The third-order valence-electron chi connectivity index (χ3n) is 6.44. The molecule has 3 aromatic carbocycles. The molecule has 1 saturated heterocycles. The number of hydrogen-bond acceptors (Lipinski definition) is 4. The van der Waals surface area contributed by atoms with Gasteiger partial charge in [-0.1, -0.05) is 54.6 Å². The van der Waals surface area contributed by atoms with Crippen LogP contribution in [0.1, 0.15) is 22.4 Å². The molecule has 0 aliphatic carbocycles. The van der Waals surface area contributed by atoms with Gasteiger partial charge in [-0.3, -0.25) is 19.3 Å². The zero-order valence-corrected chi connectivity index (χ0v) is 21.1. The van der Waals surface area contributed by atoms with Gasteiger partial charge in [0.05, 0.1) is 11.4 Å². The Morgan fingerprint density at radius 2 is 1.68 bits per heavy atom. The summed E-state index contributed by atoms with van der Waals surface area (Å²) in [6.45, 7) is 3.73. The molecule has 0 radical (unpaired) electrons. The number of para-hydroxylation sites is 2. The quantitative estimate of drug-likeness (QED) is 0.315. The average Bonchev–Trinajstić information content (AvgIpc) is 3.30. The number of hydrogen-bond donors (Lipinski definition) is 1. The molecule has 0 unspecified atom stereocenters. The van der Waals surface area contributed by atoms with Crippen molar-refractivity contribution in [2.24, 2.45) is 0 Å². The van der Waals surface area contributed by atoms with Crippen molar-refractivity contribution in [2.45, 2.75) is 20.4 Å². The first-order valence-electron chi connectivity index (χ1n) is 11.8. The zero-order chi connectivity index (χ0) is 26.1. The van der Waals surface area contributed by atoms with Gasteiger partial charge in [-0.25, -0.2) is 4.39 Å². The number of thioether (sulfide) groups is 1. The fraction of sp³-hybridized carbons (Fsp3) is 0.138. The standard InChI is InChI=1S/C29H24FN3O3S/c1-18-9-3-7-13-24(18)31-27(34)17-33-28(35)26(37-29(33)36)15-22-19(2)32(25-14-8-5-11-21(22)25)16-20-10-4-6-12-23(20)30/h3-15H,16-17H2,1-2H3,(H,31,34)/b26-15-. The number of carbonyl (C=O) groups excluding carboxylic acids is 3. The number of aromatic nitrogens is 1. The van der Waals surface area contributed by atoms with Crippen LogP contribution >= 0.6 is 11.8 Å². The van der Waals surface area contributed by atoms with Crippen LogP contribution in [0.5, 0.6) is 0 Å². The van der Waals surface area contributed by atoms with Crippen molar-refractivity contribution in [1.82, 2.24) is 9.47 Å². The Labute approximate surface area is 217 Å². The van der Waals surface area contributed by atoms with E-state index in [1.807, 2.05) is 54.8 Å². The highest BCUT2D eigenvalue weighted by atomic mass is 32.2. The fourth-order valence-corrected chi connectivity index (χ4v) is 5.27. The Bertz CT molecular complexity index is 1590. The van der Waals surface area contributed by atoms with Crippen LogP contribution in [0.4, 0.5) is 14.9 Å². The normalized spacial score (nSPS) is 14.7. The minimum Gasteiger partial charge on any atom is -0.340 e. The molecule has 1 fully saturated rings. The summed E-state index contributed by atoms with van der Waals surface area (Å²) < 4.78 is 16.4. The van der Waals surface area contributed by atoms with Gasteiger partial charge < -0.3 is 9.88 Å². The number of amides is 3. The monoisotopic (exact) mass is 513 g/mol. The minimum absolute atomic E-state index is 0.241. The number of halogens is 1. The maximum absolute atomic E-state index is 14.4. The number of fused-ring (bicyclic) bond motifs is 1. The summed E-state index contributed by atoms with van der Waals surface area (Å²) in [4.78, 5) is 39.6. The van der Waals surface area contributed by atoms with Crippen molar-refractivity contribution in [1.29, 1.82) is 0 Å². The number of carbonyl (C=O) groups is 3. The van der Waals surface area contributed by atoms with Gasteiger partial charge in [0.25, 0.3) is 11.1 Å². The third kappa shape index (κ3) is 4.80. The predicted octanol–water partition coefficient (Wildman–Crippen LogP) is 6.12. The molecule has 6 nitrogen and oxygen atoms in total. The highest BCUT2D eigenvalue weighted by Gasteiger charge is 2.36. The van der Waals surface area contributed by atoms with E-state index in [1.165, 1.54) is 6.07 Å². The lowest BCUT2D eigenvalue weighted by Crippen LogP contribution is -2.36. The van der Waals surface area contributed by atoms with Gasteiger partial charge in [0.2, 0.25) is 5.91 Å². The summed E-state index contributed by atoms with van der Waals surface area (Å²) in [5.74, 6) is -1.25. The Hall–Kier alpha value is -4.17. The molecule has 0 spiro atoms. The third-order valence-corrected chi connectivity index (χ3v) is 7.34. The lowest BCUT2D eigenvalue weighted by Gasteiger charge is -2.13. The molecule has 186 valence electrons. The van der Waals surface area contributed by atoms with E-state index in [0.717, 1.165) is 44.4 Å². The zero-order valence-electron chi connectivity index (χ0n) is 20.3. The van der Waals surface area contributed by atoms with Crippen molar-refractivity contribution in [3.8, 4) is 0 Å².